The van der Waals surface area contributed by atoms with Crippen molar-refractivity contribution in [2.75, 3.05) is 0 Å². The van der Waals surface area contributed by atoms with Crippen molar-refractivity contribution >= 4 is 28.5 Å². The zero-order chi connectivity index (χ0) is 19.7. The highest BCUT2D eigenvalue weighted by Gasteiger charge is 2.19. The van der Waals surface area contributed by atoms with E-state index >= 15 is 0 Å². The Morgan fingerprint density at radius 2 is 1.93 bits per heavy atom. The van der Waals surface area contributed by atoms with Crippen molar-refractivity contribution in [2.24, 2.45) is 0 Å². The maximum absolute atomic E-state index is 12.6. The molecule has 6 nitrogen and oxygen atoms in total. The monoisotopic (exact) mass is 391 g/mol. The standard InChI is InChI=1S/C21H18ClN5O/c1-13-5-7-16(8-6-13)27-20-18(14(2)26-27)19(22)17(12-24-20)21(28)25-11-15-4-3-9-23-10-15/h3-10,12H,11H2,1-2H3,(H,25,28). The van der Waals surface area contributed by atoms with Crippen LogP contribution in [0.2, 0.25) is 5.02 Å². The second kappa shape index (κ2) is 7.40. The van der Waals surface area contributed by atoms with Gasteiger partial charge in [-0.3, -0.25) is 9.78 Å². The first kappa shape index (κ1) is 18.1. The number of benzene rings is 1. The number of nitrogens with one attached hydrogen (secondary N) is 1. The fourth-order valence-corrected chi connectivity index (χ4v) is 3.37. The summed E-state index contributed by atoms with van der Waals surface area (Å²) in [5, 5.41) is 8.46. The summed E-state index contributed by atoms with van der Waals surface area (Å²) < 4.78 is 1.74. The van der Waals surface area contributed by atoms with Crippen LogP contribution in [0.1, 0.15) is 27.2 Å². The van der Waals surface area contributed by atoms with E-state index in [4.69, 9.17) is 11.6 Å². The van der Waals surface area contributed by atoms with Crippen molar-refractivity contribution in [1.29, 1.82) is 0 Å². The van der Waals surface area contributed by atoms with Gasteiger partial charge in [0.15, 0.2) is 5.65 Å². The van der Waals surface area contributed by atoms with Crippen LogP contribution in [0.3, 0.4) is 0 Å². The van der Waals surface area contributed by atoms with Gasteiger partial charge in [0.25, 0.3) is 5.91 Å². The number of nitrogens with zero attached hydrogens (tertiary/aromatic N) is 4. The summed E-state index contributed by atoms with van der Waals surface area (Å²) in [4.78, 5) is 21.1. The van der Waals surface area contributed by atoms with E-state index in [0.29, 0.717) is 28.2 Å². The SMILES string of the molecule is Cc1ccc(-n2nc(C)c3c(Cl)c(C(=O)NCc4cccnc4)cnc32)cc1. The fraction of sp³-hybridized carbons (Fsp3) is 0.143. The van der Waals surface area contributed by atoms with E-state index in [-0.39, 0.29) is 5.91 Å². The lowest BCUT2D eigenvalue weighted by atomic mass is 10.2. The first-order chi connectivity index (χ1) is 13.5. The van der Waals surface area contributed by atoms with Crippen LogP contribution in [-0.4, -0.2) is 25.7 Å². The number of hydrogen-bond acceptors (Lipinski definition) is 4. The van der Waals surface area contributed by atoms with Crippen molar-refractivity contribution in [1.82, 2.24) is 25.1 Å². The van der Waals surface area contributed by atoms with Crippen molar-refractivity contribution < 1.29 is 4.79 Å². The van der Waals surface area contributed by atoms with Gasteiger partial charge in [-0.25, -0.2) is 9.67 Å². The summed E-state index contributed by atoms with van der Waals surface area (Å²) in [7, 11) is 0. The van der Waals surface area contributed by atoms with Crippen molar-refractivity contribution in [2.45, 2.75) is 20.4 Å². The molecular weight excluding hydrogens is 374 g/mol. The molecule has 0 unspecified atom stereocenters. The summed E-state index contributed by atoms with van der Waals surface area (Å²) in [6, 6.07) is 11.7. The lowest BCUT2D eigenvalue weighted by Crippen LogP contribution is -2.23. The molecule has 0 spiro atoms. The van der Waals surface area contributed by atoms with Gasteiger partial charge >= 0.3 is 0 Å². The van der Waals surface area contributed by atoms with Crippen LogP contribution < -0.4 is 5.32 Å². The van der Waals surface area contributed by atoms with Gasteiger partial charge in [-0.15, -0.1) is 0 Å². The number of amides is 1. The predicted molar refractivity (Wildman–Crippen MR) is 109 cm³/mol. The zero-order valence-corrected chi connectivity index (χ0v) is 16.2. The minimum atomic E-state index is -0.286. The first-order valence-corrected chi connectivity index (χ1v) is 9.20. The van der Waals surface area contributed by atoms with E-state index in [1.165, 1.54) is 6.20 Å². The van der Waals surface area contributed by atoms with Gasteiger partial charge in [-0.1, -0.05) is 35.4 Å². The molecule has 0 fully saturated rings. The van der Waals surface area contributed by atoms with Crippen LogP contribution in [0.15, 0.2) is 55.0 Å². The molecule has 4 rings (SSSR count). The predicted octanol–water partition coefficient (Wildman–Crippen LogP) is 4.02. The molecule has 140 valence electrons. The number of halogens is 1. The van der Waals surface area contributed by atoms with Crippen LogP contribution in [0.4, 0.5) is 0 Å². The number of aryl methyl sites for hydroxylation is 2. The molecule has 0 saturated heterocycles. The maximum atomic E-state index is 12.6. The first-order valence-electron chi connectivity index (χ1n) is 8.82. The molecule has 0 aliphatic rings. The Bertz CT molecular complexity index is 1150. The molecule has 3 heterocycles. The quantitative estimate of drug-likeness (QED) is 0.570. The maximum Gasteiger partial charge on any atom is 0.254 e. The largest absolute Gasteiger partial charge is 0.348 e. The number of carbonyl (C=O) groups is 1. The molecule has 28 heavy (non-hydrogen) atoms. The van der Waals surface area contributed by atoms with Gasteiger partial charge in [0.05, 0.1) is 27.4 Å². The lowest BCUT2D eigenvalue weighted by Gasteiger charge is -2.08. The van der Waals surface area contributed by atoms with Gasteiger partial charge in [0, 0.05) is 25.1 Å². The molecule has 3 aromatic heterocycles. The third kappa shape index (κ3) is 3.34. The van der Waals surface area contributed by atoms with Gasteiger partial charge < -0.3 is 5.32 Å². The topological polar surface area (TPSA) is 72.7 Å². The number of fused-ring (bicyclic) bond motifs is 1. The Kier molecular flexibility index (Phi) is 4.79. The third-order valence-electron chi connectivity index (χ3n) is 4.51. The summed E-state index contributed by atoms with van der Waals surface area (Å²) >= 11 is 6.58. The van der Waals surface area contributed by atoms with Crippen molar-refractivity contribution in [3.05, 3.63) is 82.4 Å². The highest BCUT2D eigenvalue weighted by atomic mass is 35.5. The summed E-state index contributed by atoms with van der Waals surface area (Å²) in [5.74, 6) is -0.286. The van der Waals surface area contributed by atoms with Gasteiger partial charge in [0.1, 0.15) is 0 Å². The van der Waals surface area contributed by atoms with Gasteiger partial charge in [0.2, 0.25) is 0 Å². The van der Waals surface area contributed by atoms with E-state index in [1.807, 2.05) is 50.2 Å². The fourth-order valence-electron chi connectivity index (χ4n) is 3.01. The molecule has 7 heteroatoms. The lowest BCUT2D eigenvalue weighted by molar-refractivity contribution is 0.0951. The Morgan fingerprint density at radius 3 is 2.64 bits per heavy atom. The summed E-state index contributed by atoms with van der Waals surface area (Å²) in [6.07, 6.45) is 4.89. The Hall–Kier alpha value is -3.25. The minimum absolute atomic E-state index is 0.286. The van der Waals surface area contributed by atoms with Gasteiger partial charge in [-0.2, -0.15) is 5.10 Å². The molecule has 0 saturated carbocycles. The molecule has 0 aliphatic carbocycles. The van der Waals surface area contributed by atoms with Crippen molar-refractivity contribution in [3.8, 4) is 5.69 Å². The molecule has 4 aromatic rings. The molecule has 1 N–H and O–H groups in total. The Balaban J connectivity index is 1.68. The third-order valence-corrected chi connectivity index (χ3v) is 4.90. The van der Waals surface area contributed by atoms with E-state index < -0.39 is 0 Å². The Labute approximate surface area is 167 Å². The van der Waals surface area contributed by atoms with E-state index in [9.17, 15) is 4.79 Å². The number of aromatic nitrogens is 4. The number of rotatable bonds is 4. The smallest absolute Gasteiger partial charge is 0.254 e. The summed E-state index contributed by atoms with van der Waals surface area (Å²) in [5.41, 5.74) is 4.62. The van der Waals surface area contributed by atoms with E-state index in [2.05, 4.69) is 20.4 Å². The second-order valence-electron chi connectivity index (χ2n) is 6.56. The molecular formula is C21H18ClN5O. The zero-order valence-electron chi connectivity index (χ0n) is 15.5. The highest BCUT2D eigenvalue weighted by Crippen LogP contribution is 2.30. The molecule has 1 amide bonds. The van der Waals surface area contributed by atoms with Crippen LogP contribution >= 0.6 is 11.6 Å². The Morgan fingerprint density at radius 1 is 1.14 bits per heavy atom. The minimum Gasteiger partial charge on any atom is -0.348 e. The highest BCUT2D eigenvalue weighted by molar-refractivity contribution is 6.38. The van der Waals surface area contributed by atoms with Crippen LogP contribution in [0.25, 0.3) is 16.7 Å². The second-order valence-corrected chi connectivity index (χ2v) is 6.94. The number of carbonyl (C=O) groups excluding carboxylic acids is 1. The van der Waals surface area contributed by atoms with Crippen LogP contribution in [-0.2, 0) is 6.54 Å². The molecule has 1 aromatic carbocycles. The molecule has 0 radical (unpaired) electrons. The molecule has 0 atom stereocenters. The molecule has 0 aliphatic heterocycles. The number of hydrogen-bond donors (Lipinski definition) is 1. The van der Waals surface area contributed by atoms with Crippen LogP contribution in [0, 0.1) is 13.8 Å². The van der Waals surface area contributed by atoms with E-state index in [0.717, 1.165) is 22.5 Å². The average Bonchev–Trinajstić information content (AvgIpc) is 3.05. The molecule has 0 bridgehead atoms. The normalized spacial score (nSPS) is 11.0. The van der Waals surface area contributed by atoms with E-state index in [1.54, 1.807) is 17.1 Å². The number of pyridine rings is 2. The van der Waals surface area contributed by atoms with Crippen LogP contribution in [0.5, 0.6) is 0 Å². The van der Waals surface area contributed by atoms with Gasteiger partial charge in [-0.05, 0) is 37.6 Å². The van der Waals surface area contributed by atoms with Crippen molar-refractivity contribution in [3.63, 3.8) is 0 Å². The average molecular weight is 392 g/mol. The summed E-state index contributed by atoms with van der Waals surface area (Å²) in [6.45, 7) is 4.25.